The van der Waals surface area contributed by atoms with E-state index in [1.54, 1.807) is 13.0 Å². The smallest absolute Gasteiger partial charge is 0.334 e. The molecule has 5 heteroatoms. The predicted octanol–water partition coefficient (Wildman–Crippen LogP) is 2.68. The number of esters is 1. The Morgan fingerprint density at radius 1 is 1.39 bits per heavy atom. The summed E-state index contributed by atoms with van der Waals surface area (Å²) in [6.45, 7) is 3.51. The van der Waals surface area contributed by atoms with Crippen molar-refractivity contribution in [3.8, 4) is 11.5 Å². The molecule has 0 saturated heterocycles. The summed E-state index contributed by atoms with van der Waals surface area (Å²) in [6, 6.07) is 4.52. The maximum Gasteiger partial charge on any atom is 0.334 e. The minimum Gasteiger partial charge on any atom is -0.494 e. The maximum atomic E-state index is 13.7. The Bertz CT molecular complexity index is 454. The standard InChI is InChI=1S/C13H15FO4/c1-4-17-12(15)8-9(2)18-11-7-5-6-10(16-3)13(11)14/h5-8H,4H2,1-3H3/b9-8-. The van der Waals surface area contributed by atoms with E-state index in [4.69, 9.17) is 14.2 Å². The molecule has 0 amide bonds. The topological polar surface area (TPSA) is 44.8 Å². The zero-order valence-corrected chi connectivity index (χ0v) is 10.5. The van der Waals surface area contributed by atoms with Gasteiger partial charge in [0, 0.05) is 0 Å². The van der Waals surface area contributed by atoms with E-state index in [0.29, 0.717) is 0 Å². The highest BCUT2D eigenvalue weighted by atomic mass is 19.1. The number of hydrogen-bond acceptors (Lipinski definition) is 4. The Balaban J connectivity index is 2.82. The van der Waals surface area contributed by atoms with Crippen LogP contribution < -0.4 is 9.47 Å². The molecule has 0 spiro atoms. The lowest BCUT2D eigenvalue weighted by atomic mass is 10.3. The first kappa shape index (κ1) is 14.0. The number of ether oxygens (including phenoxy) is 3. The van der Waals surface area contributed by atoms with E-state index in [2.05, 4.69) is 0 Å². The van der Waals surface area contributed by atoms with E-state index in [1.165, 1.54) is 26.2 Å². The molecule has 0 aliphatic carbocycles. The fourth-order valence-corrected chi connectivity index (χ4v) is 1.28. The molecule has 0 fully saturated rings. The molecule has 1 aromatic carbocycles. The molecule has 0 radical (unpaired) electrons. The van der Waals surface area contributed by atoms with Crippen molar-refractivity contribution in [3.63, 3.8) is 0 Å². The van der Waals surface area contributed by atoms with E-state index in [-0.39, 0.29) is 23.9 Å². The predicted molar refractivity (Wildman–Crippen MR) is 64.0 cm³/mol. The van der Waals surface area contributed by atoms with Crippen molar-refractivity contribution in [1.82, 2.24) is 0 Å². The first-order chi connectivity index (χ1) is 8.58. The Labute approximate surface area is 105 Å². The van der Waals surface area contributed by atoms with E-state index in [0.717, 1.165) is 6.08 Å². The largest absolute Gasteiger partial charge is 0.494 e. The average Bonchev–Trinajstić information content (AvgIpc) is 2.32. The summed E-state index contributed by atoms with van der Waals surface area (Å²) in [4.78, 5) is 11.2. The van der Waals surface area contributed by atoms with Crippen LogP contribution in [0.5, 0.6) is 11.5 Å². The second-order valence-electron chi connectivity index (χ2n) is 3.38. The molecule has 0 aliphatic heterocycles. The van der Waals surface area contributed by atoms with E-state index in [9.17, 15) is 9.18 Å². The van der Waals surface area contributed by atoms with Gasteiger partial charge in [0.2, 0.25) is 5.82 Å². The molecule has 0 unspecified atom stereocenters. The second kappa shape index (κ2) is 6.64. The van der Waals surface area contributed by atoms with Gasteiger partial charge in [-0.1, -0.05) is 6.07 Å². The number of benzene rings is 1. The highest BCUT2D eigenvalue weighted by molar-refractivity contribution is 5.82. The monoisotopic (exact) mass is 254 g/mol. The van der Waals surface area contributed by atoms with Gasteiger partial charge in [0.05, 0.1) is 19.8 Å². The summed E-state index contributed by atoms with van der Waals surface area (Å²) in [6.07, 6.45) is 1.16. The number of carbonyl (C=O) groups is 1. The van der Waals surface area contributed by atoms with Gasteiger partial charge in [0.25, 0.3) is 0 Å². The van der Waals surface area contributed by atoms with Crippen molar-refractivity contribution in [2.45, 2.75) is 13.8 Å². The zero-order chi connectivity index (χ0) is 13.5. The van der Waals surface area contributed by atoms with Crippen LogP contribution in [0, 0.1) is 5.82 Å². The molecule has 4 nitrogen and oxygen atoms in total. The zero-order valence-electron chi connectivity index (χ0n) is 10.5. The van der Waals surface area contributed by atoms with Crippen LogP contribution in [0.15, 0.2) is 30.0 Å². The van der Waals surface area contributed by atoms with Crippen LogP contribution >= 0.6 is 0 Å². The Hall–Kier alpha value is -2.04. The highest BCUT2D eigenvalue weighted by Gasteiger charge is 2.10. The molecule has 0 saturated carbocycles. The quantitative estimate of drug-likeness (QED) is 0.460. The third-order valence-corrected chi connectivity index (χ3v) is 2.03. The lowest BCUT2D eigenvalue weighted by Gasteiger charge is -2.09. The highest BCUT2D eigenvalue weighted by Crippen LogP contribution is 2.27. The lowest BCUT2D eigenvalue weighted by Crippen LogP contribution is -2.03. The summed E-state index contributed by atoms with van der Waals surface area (Å²) in [5, 5.41) is 0. The average molecular weight is 254 g/mol. The summed E-state index contributed by atoms with van der Waals surface area (Å²) in [7, 11) is 1.36. The fraction of sp³-hybridized carbons (Fsp3) is 0.308. The Morgan fingerprint density at radius 3 is 2.67 bits per heavy atom. The number of rotatable bonds is 5. The van der Waals surface area contributed by atoms with Gasteiger partial charge in [-0.3, -0.25) is 0 Å². The molecule has 98 valence electrons. The van der Waals surface area contributed by atoms with Crippen molar-refractivity contribution < 1.29 is 23.4 Å². The van der Waals surface area contributed by atoms with Gasteiger partial charge >= 0.3 is 5.97 Å². The van der Waals surface area contributed by atoms with E-state index < -0.39 is 11.8 Å². The van der Waals surface area contributed by atoms with Crippen LogP contribution in [0.4, 0.5) is 4.39 Å². The van der Waals surface area contributed by atoms with Crippen molar-refractivity contribution in [3.05, 3.63) is 35.9 Å². The second-order valence-corrected chi connectivity index (χ2v) is 3.38. The third-order valence-electron chi connectivity index (χ3n) is 2.03. The molecule has 0 atom stereocenters. The maximum absolute atomic E-state index is 13.7. The van der Waals surface area contributed by atoms with Crippen LogP contribution in [0.2, 0.25) is 0 Å². The van der Waals surface area contributed by atoms with Crippen LogP contribution in [0.1, 0.15) is 13.8 Å². The van der Waals surface area contributed by atoms with Gasteiger partial charge in [-0.05, 0) is 26.0 Å². The van der Waals surface area contributed by atoms with Crippen LogP contribution in [0.3, 0.4) is 0 Å². The number of allylic oxidation sites excluding steroid dienone is 1. The summed E-state index contributed by atoms with van der Waals surface area (Å²) in [5.41, 5.74) is 0. The van der Waals surface area contributed by atoms with Crippen LogP contribution in [-0.2, 0) is 9.53 Å². The first-order valence-corrected chi connectivity index (χ1v) is 5.44. The van der Waals surface area contributed by atoms with Gasteiger partial charge in [0.15, 0.2) is 11.5 Å². The number of methoxy groups -OCH3 is 1. The van der Waals surface area contributed by atoms with E-state index in [1.807, 2.05) is 0 Å². The van der Waals surface area contributed by atoms with Crippen molar-refractivity contribution >= 4 is 5.97 Å². The SMILES string of the molecule is CCOC(=O)/C=C(/C)Oc1cccc(OC)c1F. The fourth-order valence-electron chi connectivity index (χ4n) is 1.28. The van der Waals surface area contributed by atoms with Crippen LogP contribution in [-0.4, -0.2) is 19.7 Å². The van der Waals surface area contributed by atoms with Crippen LogP contribution in [0.25, 0.3) is 0 Å². The van der Waals surface area contributed by atoms with Gasteiger partial charge in [-0.15, -0.1) is 0 Å². The lowest BCUT2D eigenvalue weighted by molar-refractivity contribution is -0.137. The molecule has 18 heavy (non-hydrogen) atoms. The molecule has 0 aromatic heterocycles. The van der Waals surface area contributed by atoms with Crippen molar-refractivity contribution in [2.24, 2.45) is 0 Å². The van der Waals surface area contributed by atoms with Crippen molar-refractivity contribution in [2.75, 3.05) is 13.7 Å². The van der Waals surface area contributed by atoms with Crippen molar-refractivity contribution in [1.29, 1.82) is 0 Å². The molecule has 0 N–H and O–H groups in total. The first-order valence-electron chi connectivity index (χ1n) is 5.44. The Morgan fingerprint density at radius 2 is 2.06 bits per heavy atom. The van der Waals surface area contributed by atoms with Gasteiger partial charge in [0.1, 0.15) is 5.76 Å². The molecular weight excluding hydrogens is 239 g/mol. The third kappa shape index (κ3) is 3.76. The summed E-state index contributed by atoms with van der Waals surface area (Å²) >= 11 is 0. The molecular formula is C13H15FO4. The summed E-state index contributed by atoms with van der Waals surface area (Å²) in [5.74, 6) is -0.834. The Kier molecular flexibility index (Phi) is 5.17. The molecule has 0 aliphatic rings. The van der Waals surface area contributed by atoms with Gasteiger partial charge < -0.3 is 14.2 Å². The van der Waals surface area contributed by atoms with Gasteiger partial charge in [-0.25, -0.2) is 4.79 Å². The van der Waals surface area contributed by atoms with E-state index >= 15 is 0 Å². The minimum atomic E-state index is -0.614. The minimum absolute atomic E-state index is 0.00704. The number of carbonyl (C=O) groups excluding carboxylic acids is 1. The summed E-state index contributed by atoms with van der Waals surface area (Å²) < 4.78 is 28.5. The molecule has 0 bridgehead atoms. The molecule has 0 heterocycles. The molecule has 1 rings (SSSR count). The number of hydrogen-bond donors (Lipinski definition) is 0. The van der Waals surface area contributed by atoms with Gasteiger partial charge in [-0.2, -0.15) is 4.39 Å². The molecule has 1 aromatic rings. The number of halogens is 1. The normalized spacial score (nSPS) is 11.0.